The molecule has 20 heavy (non-hydrogen) atoms. The van der Waals surface area contributed by atoms with Gasteiger partial charge in [-0.1, -0.05) is 25.5 Å². The highest BCUT2D eigenvalue weighted by molar-refractivity contribution is 9.10. The second-order valence-corrected chi connectivity index (χ2v) is 5.49. The molecule has 2 rings (SSSR count). The Labute approximate surface area is 128 Å². The molecule has 0 aliphatic heterocycles. The summed E-state index contributed by atoms with van der Waals surface area (Å²) < 4.78 is 12.7. The third-order valence-electron chi connectivity index (χ3n) is 2.97. The molecule has 0 unspecified atom stereocenters. The highest BCUT2D eigenvalue weighted by Crippen LogP contribution is 2.31. The Hall–Kier alpha value is -1.10. The molecule has 0 atom stereocenters. The summed E-state index contributed by atoms with van der Waals surface area (Å²) in [6.07, 6.45) is 7.66. The monoisotopic (exact) mass is 337 g/mol. The van der Waals surface area contributed by atoms with Gasteiger partial charge in [0.15, 0.2) is 0 Å². The van der Waals surface area contributed by atoms with E-state index in [1.54, 1.807) is 24.3 Å². The fraction of sp³-hybridized carbons (Fsp3) is 0.375. The third kappa shape index (κ3) is 3.95. The van der Waals surface area contributed by atoms with Crippen LogP contribution in [-0.2, 0) is 9.84 Å². The Morgan fingerprint density at radius 1 is 1.25 bits per heavy atom. The number of benzene rings is 1. The molecule has 107 valence electrons. The molecule has 0 saturated carbocycles. The number of para-hydroxylation sites is 1. The molecule has 0 fully saturated rings. The van der Waals surface area contributed by atoms with Crippen LogP contribution < -0.4 is 4.74 Å². The van der Waals surface area contributed by atoms with E-state index < -0.39 is 11.9 Å². The van der Waals surface area contributed by atoms with E-state index >= 15 is 0 Å². The van der Waals surface area contributed by atoms with E-state index in [2.05, 4.69) is 22.9 Å². The lowest BCUT2D eigenvalue weighted by Crippen LogP contribution is -2.37. The summed E-state index contributed by atoms with van der Waals surface area (Å²) in [5, 5.41) is 11.4. The van der Waals surface area contributed by atoms with Crippen LogP contribution in [0, 0.1) is 0 Å². The molecule has 1 aliphatic rings. The molecule has 1 radical (unpaired) electrons. The second-order valence-electron chi connectivity index (χ2n) is 4.64. The Morgan fingerprint density at radius 3 is 2.60 bits per heavy atom. The molecular formula is C16H18BrO3. The minimum absolute atomic E-state index is 0.582. The summed E-state index contributed by atoms with van der Waals surface area (Å²) in [5.41, 5.74) is 0. The van der Waals surface area contributed by atoms with Crippen LogP contribution >= 0.6 is 15.9 Å². The van der Waals surface area contributed by atoms with E-state index in [1.165, 1.54) is 0 Å². The van der Waals surface area contributed by atoms with Crippen LogP contribution in [0.5, 0.6) is 5.75 Å². The zero-order chi connectivity index (χ0) is 14.4. The number of hydrogen-bond donors (Lipinski definition) is 0. The maximum absolute atomic E-state index is 11.4. The smallest absolute Gasteiger partial charge is 0.250 e. The van der Waals surface area contributed by atoms with Gasteiger partial charge in [-0.05, 0) is 58.8 Å². The zero-order valence-electron chi connectivity index (χ0n) is 11.4. The molecule has 4 heteroatoms. The van der Waals surface area contributed by atoms with E-state index in [-0.39, 0.29) is 0 Å². The molecule has 1 aromatic rings. The summed E-state index contributed by atoms with van der Waals surface area (Å²) in [5.74, 6) is -0.303. The van der Waals surface area contributed by atoms with Crippen LogP contribution in [0.2, 0.25) is 0 Å². The van der Waals surface area contributed by atoms with Gasteiger partial charge < -0.3 is 9.47 Å². The van der Waals surface area contributed by atoms with Crippen molar-refractivity contribution in [1.29, 1.82) is 0 Å². The number of hydrogen-bond acceptors (Lipinski definition) is 2. The van der Waals surface area contributed by atoms with Gasteiger partial charge >= 0.3 is 0 Å². The van der Waals surface area contributed by atoms with Crippen LogP contribution in [0.25, 0.3) is 0 Å². The molecule has 0 aromatic heterocycles. The van der Waals surface area contributed by atoms with Crippen molar-refractivity contribution in [3.05, 3.63) is 53.0 Å². The molecule has 3 nitrogen and oxygen atoms in total. The van der Waals surface area contributed by atoms with Crippen molar-refractivity contribution < 1.29 is 14.6 Å². The summed E-state index contributed by atoms with van der Waals surface area (Å²) in [6.45, 7) is 2.68. The summed E-state index contributed by atoms with van der Waals surface area (Å²) in [7, 11) is 0. The van der Waals surface area contributed by atoms with Gasteiger partial charge in [0.2, 0.25) is 0 Å². The van der Waals surface area contributed by atoms with Crippen LogP contribution in [0.4, 0.5) is 0 Å². The standard InChI is InChI=1S/C16H18BrO3/c1-2-3-12-19-16(10-8-13(18)9-11-16)20-15-7-5-4-6-14(15)17/h4-11,13H,2-3,12H2,1H3. The average molecular weight is 338 g/mol. The largest absolute Gasteiger partial charge is 0.454 e. The Balaban J connectivity index is 2.17. The average Bonchev–Trinajstić information content (AvgIpc) is 2.45. The van der Waals surface area contributed by atoms with E-state index in [1.807, 2.05) is 24.3 Å². The molecule has 0 N–H and O–H groups in total. The van der Waals surface area contributed by atoms with Gasteiger partial charge in [0, 0.05) is 0 Å². The fourth-order valence-corrected chi connectivity index (χ4v) is 2.21. The van der Waals surface area contributed by atoms with E-state index in [4.69, 9.17) is 9.47 Å². The first-order valence-electron chi connectivity index (χ1n) is 6.77. The molecule has 0 saturated heterocycles. The van der Waals surface area contributed by atoms with Gasteiger partial charge in [-0.3, -0.25) is 0 Å². The summed E-state index contributed by atoms with van der Waals surface area (Å²) in [4.78, 5) is 0. The Bertz CT molecular complexity index is 482. The van der Waals surface area contributed by atoms with Crippen molar-refractivity contribution in [2.24, 2.45) is 0 Å². The first-order valence-corrected chi connectivity index (χ1v) is 7.56. The van der Waals surface area contributed by atoms with Crippen molar-refractivity contribution in [2.75, 3.05) is 6.61 Å². The van der Waals surface area contributed by atoms with Gasteiger partial charge in [0.25, 0.3) is 5.79 Å². The minimum Gasteiger partial charge on any atom is -0.454 e. The number of unbranched alkanes of at least 4 members (excludes halogenated alkanes) is 1. The first-order chi connectivity index (χ1) is 9.65. The lowest BCUT2D eigenvalue weighted by atomic mass is 10.1. The normalized spacial score (nSPS) is 24.9. The Kier molecular flexibility index (Phi) is 5.40. The van der Waals surface area contributed by atoms with Crippen LogP contribution in [0.1, 0.15) is 19.8 Å². The van der Waals surface area contributed by atoms with Gasteiger partial charge in [-0.15, -0.1) is 0 Å². The third-order valence-corrected chi connectivity index (χ3v) is 3.62. The van der Waals surface area contributed by atoms with Crippen LogP contribution in [0.3, 0.4) is 0 Å². The highest BCUT2D eigenvalue weighted by Gasteiger charge is 2.30. The molecule has 0 amide bonds. The molecule has 0 heterocycles. The zero-order valence-corrected chi connectivity index (χ0v) is 13.0. The molecule has 1 aromatic carbocycles. The summed E-state index contributed by atoms with van der Waals surface area (Å²) >= 11 is 3.45. The summed E-state index contributed by atoms with van der Waals surface area (Å²) in [6, 6.07) is 7.58. The SMILES string of the molecule is CCCCOC1(Oc2ccccc2Br)C=CC([O])C=C1. The maximum Gasteiger partial charge on any atom is 0.250 e. The van der Waals surface area contributed by atoms with Gasteiger partial charge in [0.05, 0.1) is 11.1 Å². The van der Waals surface area contributed by atoms with Gasteiger partial charge in [-0.2, -0.15) is 0 Å². The van der Waals surface area contributed by atoms with Gasteiger partial charge in [0.1, 0.15) is 11.9 Å². The van der Waals surface area contributed by atoms with E-state index in [0.717, 1.165) is 17.3 Å². The molecular weight excluding hydrogens is 320 g/mol. The topological polar surface area (TPSA) is 38.4 Å². The quantitative estimate of drug-likeness (QED) is 0.441. The van der Waals surface area contributed by atoms with Crippen molar-refractivity contribution in [2.45, 2.75) is 31.7 Å². The number of ether oxygens (including phenoxy) is 2. The van der Waals surface area contributed by atoms with Crippen molar-refractivity contribution >= 4 is 15.9 Å². The lowest BCUT2D eigenvalue weighted by Gasteiger charge is -2.31. The molecule has 0 spiro atoms. The van der Waals surface area contributed by atoms with Crippen molar-refractivity contribution in [1.82, 2.24) is 0 Å². The predicted molar refractivity (Wildman–Crippen MR) is 81.1 cm³/mol. The Morgan fingerprint density at radius 2 is 1.95 bits per heavy atom. The predicted octanol–water partition coefficient (Wildman–Crippen LogP) is 4.27. The second kappa shape index (κ2) is 7.07. The highest BCUT2D eigenvalue weighted by atomic mass is 79.9. The molecule has 0 bridgehead atoms. The van der Waals surface area contributed by atoms with Gasteiger partial charge in [-0.25, -0.2) is 5.11 Å². The van der Waals surface area contributed by atoms with Crippen molar-refractivity contribution in [3.63, 3.8) is 0 Å². The lowest BCUT2D eigenvalue weighted by molar-refractivity contribution is -0.114. The first kappa shape index (κ1) is 15.3. The fourth-order valence-electron chi connectivity index (χ4n) is 1.85. The minimum atomic E-state index is -0.986. The van der Waals surface area contributed by atoms with E-state index in [9.17, 15) is 5.11 Å². The number of rotatable bonds is 6. The van der Waals surface area contributed by atoms with Crippen LogP contribution in [-0.4, -0.2) is 18.5 Å². The van der Waals surface area contributed by atoms with E-state index in [0.29, 0.717) is 12.4 Å². The maximum atomic E-state index is 11.4. The van der Waals surface area contributed by atoms with Crippen LogP contribution in [0.15, 0.2) is 53.0 Å². The van der Waals surface area contributed by atoms with Crippen molar-refractivity contribution in [3.8, 4) is 5.75 Å². The number of halogens is 1. The molecule has 1 aliphatic carbocycles.